The van der Waals surface area contributed by atoms with Crippen molar-refractivity contribution in [2.75, 3.05) is 5.32 Å². The van der Waals surface area contributed by atoms with Crippen molar-refractivity contribution in [3.63, 3.8) is 0 Å². The highest BCUT2D eigenvalue weighted by Gasteiger charge is 2.13. The minimum absolute atomic E-state index is 0.278. The first-order valence-corrected chi connectivity index (χ1v) is 6.08. The van der Waals surface area contributed by atoms with E-state index in [1.165, 1.54) is 11.3 Å². The Morgan fingerprint density at radius 3 is 2.65 bits per heavy atom. The van der Waals surface area contributed by atoms with E-state index < -0.39 is 0 Å². The molecular formula is C11H12N4OS. The number of thiazole rings is 1. The lowest BCUT2D eigenvalue weighted by molar-refractivity contribution is 0.102. The molecule has 0 aromatic carbocycles. The molecule has 1 N–H and O–H groups in total. The lowest BCUT2D eigenvalue weighted by Gasteiger charge is -2.00. The molecule has 0 saturated carbocycles. The third-order valence-corrected chi connectivity index (χ3v) is 3.18. The van der Waals surface area contributed by atoms with Crippen molar-refractivity contribution in [3.8, 4) is 0 Å². The van der Waals surface area contributed by atoms with Gasteiger partial charge in [0.05, 0.1) is 5.01 Å². The summed E-state index contributed by atoms with van der Waals surface area (Å²) in [7, 11) is 0. The number of hydrogen-bond acceptors (Lipinski definition) is 5. The summed E-state index contributed by atoms with van der Waals surface area (Å²) < 4.78 is 0. The molecule has 2 rings (SSSR count). The van der Waals surface area contributed by atoms with Gasteiger partial charge in [-0.05, 0) is 6.07 Å². The summed E-state index contributed by atoms with van der Waals surface area (Å²) in [4.78, 5) is 23.9. The van der Waals surface area contributed by atoms with Crippen LogP contribution in [0.25, 0.3) is 0 Å². The predicted molar refractivity (Wildman–Crippen MR) is 66.2 cm³/mol. The summed E-state index contributed by atoms with van der Waals surface area (Å²) in [6.45, 7) is 4.08. The summed E-state index contributed by atoms with van der Waals surface area (Å²) in [5.74, 6) is 0.338. The molecule has 88 valence electrons. The predicted octanol–water partition coefficient (Wildman–Crippen LogP) is 2.31. The van der Waals surface area contributed by atoms with Crippen LogP contribution in [0.5, 0.6) is 0 Å². The van der Waals surface area contributed by atoms with E-state index >= 15 is 0 Å². The van der Waals surface area contributed by atoms with Crippen molar-refractivity contribution in [2.45, 2.75) is 19.8 Å². The zero-order chi connectivity index (χ0) is 12.3. The van der Waals surface area contributed by atoms with Crippen LogP contribution in [0.1, 0.15) is 35.3 Å². The van der Waals surface area contributed by atoms with Gasteiger partial charge in [0.2, 0.25) is 5.95 Å². The van der Waals surface area contributed by atoms with Gasteiger partial charge in [-0.2, -0.15) is 0 Å². The van der Waals surface area contributed by atoms with Gasteiger partial charge < -0.3 is 0 Å². The Bertz CT molecular complexity index is 509. The van der Waals surface area contributed by atoms with E-state index in [0.717, 1.165) is 5.01 Å². The molecule has 0 fully saturated rings. The Kier molecular flexibility index (Phi) is 3.43. The van der Waals surface area contributed by atoms with E-state index in [9.17, 15) is 4.79 Å². The zero-order valence-electron chi connectivity index (χ0n) is 9.54. The van der Waals surface area contributed by atoms with Crippen molar-refractivity contribution in [3.05, 3.63) is 34.5 Å². The Hall–Kier alpha value is -1.82. The van der Waals surface area contributed by atoms with Crippen LogP contribution in [0.4, 0.5) is 5.95 Å². The van der Waals surface area contributed by atoms with E-state index in [-0.39, 0.29) is 11.9 Å². The molecule has 0 spiro atoms. The zero-order valence-corrected chi connectivity index (χ0v) is 10.4. The number of carbonyl (C=O) groups is 1. The van der Waals surface area contributed by atoms with Crippen LogP contribution in [0.15, 0.2) is 23.8 Å². The number of amides is 1. The van der Waals surface area contributed by atoms with E-state index in [0.29, 0.717) is 11.6 Å². The third kappa shape index (κ3) is 2.85. The Morgan fingerprint density at radius 2 is 2.06 bits per heavy atom. The van der Waals surface area contributed by atoms with Gasteiger partial charge in [-0.15, -0.1) is 11.3 Å². The van der Waals surface area contributed by atoms with Gasteiger partial charge in [0, 0.05) is 23.7 Å². The molecule has 0 aliphatic carbocycles. The molecule has 5 nitrogen and oxygen atoms in total. The van der Waals surface area contributed by atoms with Crippen LogP contribution in [-0.2, 0) is 0 Å². The number of nitrogens with zero attached hydrogens (tertiary/aromatic N) is 3. The van der Waals surface area contributed by atoms with E-state index in [4.69, 9.17) is 0 Å². The minimum atomic E-state index is -0.278. The average molecular weight is 248 g/mol. The number of aromatic nitrogens is 3. The summed E-state index contributed by atoms with van der Waals surface area (Å²) in [6.07, 6.45) is 3.15. The summed E-state index contributed by atoms with van der Waals surface area (Å²) in [5.41, 5.74) is 0.408. The van der Waals surface area contributed by atoms with Gasteiger partial charge in [0.25, 0.3) is 5.91 Å². The molecule has 0 unspecified atom stereocenters. The molecule has 2 heterocycles. The highest BCUT2D eigenvalue weighted by molar-refractivity contribution is 7.09. The lowest BCUT2D eigenvalue weighted by atomic mass is 10.2. The molecule has 0 atom stereocenters. The van der Waals surface area contributed by atoms with Crippen LogP contribution in [-0.4, -0.2) is 20.9 Å². The second kappa shape index (κ2) is 5.01. The maximum atomic E-state index is 11.8. The average Bonchev–Trinajstić information content (AvgIpc) is 2.79. The molecular weight excluding hydrogens is 236 g/mol. The number of hydrogen-bond donors (Lipinski definition) is 1. The Labute approximate surface area is 103 Å². The summed E-state index contributed by atoms with van der Waals surface area (Å²) in [5, 5.41) is 5.29. The third-order valence-electron chi connectivity index (χ3n) is 2.04. The molecule has 0 aliphatic heterocycles. The Balaban J connectivity index is 2.10. The van der Waals surface area contributed by atoms with E-state index in [1.54, 1.807) is 23.8 Å². The van der Waals surface area contributed by atoms with E-state index in [2.05, 4.69) is 20.3 Å². The second-order valence-corrected chi connectivity index (χ2v) is 4.64. The molecule has 0 aliphatic rings. The fourth-order valence-electron chi connectivity index (χ4n) is 1.19. The normalized spacial score (nSPS) is 10.5. The van der Waals surface area contributed by atoms with Gasteiger partial charge in [-0.3, -0.25) is 10.1 Å². The minimum Gasteiger partial charge on any atom is -0.289 e. The van der Waals surface area contributed by atoms with Crippen molar-refractivity contribution >= 4 is 23.2 Å². The number of carbonyl (C=O) groups excluding carboxylic acids is 1. The first-order chi connectivity index (χ1) is 8.16. The summed E-state index contributed by atoms with van der Waals surface area (Å²) >= 11 is 1.48. The van der Waals surface area contributed by atoms with Crippen LogP contribution in [0, 0.1) is 0 Å². The first-order valence-electron chi connectivity index (χ1n) is 5.20. The Morgan fingerprint density at radius 1 is 1.35 bits per heavy atom. The molecule has 0 radical (unpaired) electrons. The second-order valence-electron chi connectivity index (χ2n) is 3.75. The standard InChI is InChI=1S/C11H12N4OS/c1-7(2)10-14-8(6-17-10)9(16)15-11-12-4-3-5-13-11/h3-7H,1-2H3,(H,12,13,15,16). The topological polar surface area (TPSA) is 67.8 Å². The maximum Gasteiger partial charge on any atom is 0.277 e. The molecule has 2 aromatic heterocycles. The lowest BCUT2D eigenvalue weighted by Crippen LogP contribution is -2.14. The molecule has 6 heteroatoms. The van der Waals surface area contributed by atoms with Gasteiger partial charge in [0.15, 0.2) is 0 Å². The smallest absolute Gasteiger partial charge is 0.277 e. The first kappa shape index (κ1) is 11.7. The number of anilines is 1. The van der Waals surface area contributed by atoms with Gasteiger partial charge in [-0.1, -0.05) is 13.8 Å². The van der Waals surface area contributed by atoms with Crippen molar-refractivity contribution in [1.29, 1.82) is 0 Å². The van der Waals surface area contributed by atoms with E-state index in [1.807, 2.05) is 13.8 Å². The SMILES string of the molecule is CC(C)c1nc(C(=O)Nc2ncccn2)cs1. The monoisotopic (exact) mass is 248 g/mol. The fourth-order valence-corrected chi connectivity index (χ4v) is 2.00. The van der Waals surface area contributed by atoms with Crippen molar-refractivity contribution in [1.82, 2.24) is 15.0 Å². The highest BCUT2D eigenvalue weighted by Crippen LogP contribution is 2.19. The maximum absolute atomic E-state index is 11.8. The quantitative estimate of drug-likeness (QED) is 0.905. The molecule has 1 amide bonds. The molecule has 17 heavy (non-hydrogen) atoms. The molecule has 0 bridgehead atoms. The van der Waals surface area contributed by atoms with Crippen LogP contribution < -0.4 is 5.32 Å². The van der Waals surface area contributed by atoms with Crippen molar-refractivity contribution < 1.29 is 4.79 Å². The molecule has 2 aromatic rings. The van der Waals surface area contributed by atoms with Crippen molar-refractivity contribution in [2.24, 2.45) is 0 Å². The fraction of sp³-hybridized carbons (Fsp3) is 0.273. The highest BCUT2D eigenvalue weighted by atomic mass is 32.1. The molecule has 0 saturated heterocycles. The number of rotatable bonds is 3. The largest absolute Gasteiger partial charge is 0.289 e. The summed E-state index contributed by atoms with van der Waals surface area (Å²) in [6, 6.07) is 1.69. The number of nitrogens with one attached hydrogen (secondary N) is 1. The van der Waals surface area contributed by atoms with Gasteiger partial charge >= 0.3 is 0 Å². The van der Waals surface area contributed by atoms with Crippen LogP contribution >= 0.6 is 11.3 Å². The van der Waals surface area contributed by atoms with Gasteiger partial charge in [0.1, 0.15) is 5.69 Å². The van der Waals surface area contributed by atoms with Gasteiger partial charge in [-0.25, -0.2) is 15.0 Å². The van der Waals surface area contributed by atoms with Crippen LogP contribution in [0.3, 0.4) is 0 Å². The van der Waals surface area contributed by atoms with Crippen LogP contribution in [0.2, 0.25) is 0 Å².